The molecule has 0 atom stereocenters. The molecule has 0 fully saturated rings. The first-order valence-electron chi connectivity index (χ1n) is 7.05. The zero-order valence-corrected chi connectivity index (χ0v) is 12.6. The van der Waals surface area contributed by atoms with Crippen LogP contribution in [0.25, 0.3) is 10.7 Å². The highest BCUT2D eigenvalue weighted by Gasteiger charge is 2.22. The summed E-state index contributed by atoms with van der Waals surface area (Å²) >= 11 is 1.58. The number of fused-ring (bicyclic) bond motifs is 1. The lowest BCUT2D eigenvalue weighted by Crippen LogP contribution is -2.35. The highest BCUT2D eigenvalue weighted by molar-refractivity contribution is 7.13. The maximum absolute atomic E-state index is 12.4. The van der Waals surface area contributed by atoms with Gasteiger partial charge in [-0.25, -0.2) is 9.97 Å². The number of aromatic amines is 1. The molecule has 3 aromatic rings. The van der Waals surface area contributed by atoms with Crippen LogP contribution in [0.5, 0.6) is 0 Å². The molecule has 0 radical (unpaired) electrons. The zero-order chi connectivity index (χ0) is 14.9. The molecule has 0 unspecified atom stereocenters. The summed E-state index contributed by atoms with van der Waals surface area (Å²) in [5.74, 6) is 1.48. The molecule has 6 nitrogen and oxygen atoms in total. The van der Waals surface area contributed by atoms with Crippen molar-refractivity contribution in [1.29, 1.82) is 0 Å². The van der Waals surface area contributed by atoms with Crippen LogP contribution in [0.4, 0.5) is 0 Å². The van der Waals surface area contributed by atoms with E-state index >= 15 is 0 Å². The Morgan fingerprint density at radius 2 is 2.41 bits per heavy atom. The third-order valence-corrected chi connectivity index (χ3v) is 4.64. The van der Waals surface area contributed by atoms with Gasteiger partial charge in [0.15, 0.2) is 12.2 Å². The van der Waals surface area contributed by atoms with E-state index in [9.17, 15) is 4.79 Å². The molecule has 0 bridgehead atoms. The van der Waals surface area contributed by atoms with Crippen LogP contribution in [0.2, 0.25) is 0 Å². The summed E-state index contributed by atoms with van der Waals surface area (Å²) in [5.41, 5.74) is 1.61. The Balaban J connectivity index is 1.61. The molecule has 3 aromatic heterocycles. The highest BCUT2D eigenvalue weighted by Crippen LogP contribution is 2.22. The van der Waals surface area contributed by atoms with Crippen molar-refractivity contribution >= 4 is 11.3 Å². The van der Waals surface area contributed by atoms with Gasteiger partial charge in [-0.2, -0.15) is 0 Å². The van der Waals surface area contributed by atoms with Crippen molar-refractivity contribution < 1.29 is 4.42 Å². The lowest BCUT2D eigenvalue weighted by molar-refractivity contribution is 0.222. The Kier molecular flexibility index (Phi) is 3.36. The fourth-order valence-corrected chi connectivity index (χ4v) is 3.36. The Labute approximate surface area is 130 Å². The number of aromatic nitrogens is 3. The van der Waals surface area contributed by atoms with Gasteiger partial charge in [-0.3, -0.25) is 9.69 Å². The maximum Gasteiger partial charge on any atom is 0.255 e. The first-order valence-corrected chi connectivity index (χ1v) is 7.93. The second kappa shape index (κ2) is 5.51. The molecule has 0 saturated carbocycles. The van der Waals surface area contributed by atoms with Gasteiger partial charge in [0.25, 0.3) is 5.56 Å². The average molecular weight is 314 g/mol. The Morgan fingerprint density at radius 3 is 3.18 bits per heavy atom. The van der Waals surface area contributed by atoms with Crippen LogP contribution in [0.15, 0.2) is 39.3 Å². The van der Waals surface area contributed by atoms with Crippen molar-refractivity contribution in [3.8, 4) is 10.7 Å². The van der Waals surface area contributed by atoms with E-state index in [0.29, 0.717) is 18.9 Å². The van der Waals surface area contributed by atoms with E-state index in [0.717, 1.165) is 34.9 Å². The Bertz CT molecular complexity index is 824. The van der Waals surface area contributed by atoms with Gasteiger partial charge in [-0.1, -0.05) is 6.07 Å². The first-order chi connectivity index (χ1) is 10.8. The number of thiophene rings is 1. The molecule has 0 aromatic carbocycles. The fourth-order valence-electron chi connectivity index (χ4n) is 2.69. The van der Waals surface area contributed by atoms with Gasteiger partial charge < -0.3 is 9.40 Å². The van der Waals surface area contributed by atoms with Gasteiger partial charge in [-0.15, -0.1) is 11.3 Å². The predicted octanol–water partition coefficient (Wildman–Crippen LogP) is 2.04. The lowest BCUT2D eigenvalue weighted by Gasteiger charge is -2.26. The molecule has 1 aliphatic rings. The maximum atomic E-state index is 12.4. The van der Waals surface area contributed by atoms with Gasteiger partial charge in [0.2, 0.25) is 0 Å². The van der Waals surface area contributed by atoms with Crippen molar-refractivity contribution in [2.24, 2.45) is 0 Å². The number of nitrogens with zero attached hydrogens (tertiary/aromatic N) is 3. The summed E-state index contributed by atoms with van der Waals surface area (Å²) in [6.07, 6.45) is 3.90. The van der Waals surface area contributed by atoms with E-state index in [4.69, 9.17) is 4.42 Å². The monoisotopic (exact) mass is 314 g/mol. The molecule has 1 aliphatic heterocycles. The highest BCUT2D eigenvalue weighted by atomic mass is 32.1. The predicted molar refractivity (Wildman–Crippen MR) is 82.5 cm³/mol. The van der Waals surface area contributed by atoms with Crippen LogP contribution >= 0.6 is 11.3 Å². The number of hydrogen-bond acceptors (Lipinski definition) is 6. The van der Waals surface area contributed by atoms with Gasteiger partial charge >= 0.3 is 0 Å². The SMILES string of the molecule is O=c1[nH]c(-c2cccs2)nc2c1CN(Cc1cnco1)CC2. The topological polar surface area (TPSA) is 75.0 Å². The van der Waals surface area contributed by atoms with Crippen LogP contribution in [0.1, 0.15) is 17.0 Å². The largest absolute Gasteiger partial charge is 0.447 e. The molecular weight excluding hydrogens is 300 g/mol. The van der Waals surface area contributed by atoms with Crippen LogP contribution in [-0.4, -0.2) is 26.4 Å². The quantitative estimate of drug-likeness (QED) is 0.801. The number of H-pyrrole nitrogens is 1. The first kappa shape index (κ1) is 13.4. The van der Waals surface area contributed by atoms with E-state index in [-0.39, 0.29) is 5.56 Å². The Morgan fingerprint density at radius 1 is 1.45 bits per heavy atom. The minimum Gasteiger partial charge on any atom is -0.447 e. The van der Waals surface area contributed by atoms with Crippen LogP contribution in [-0.2, 0) is 19.5 Å². The molecule has 0 spiro atoms. The normalized spacial score (nSPS) is 14.9. The second-order valence-corrected chi connectivity index (χ2v) is 6.19. The van der Waals surface area contributed by atoms with E-state index in [2.05, 4.69) is 19.9 Å². The van der Waals surface area contributed by atoms with Crippen molar-refractivity contribution in [3.05, 3.63) is 57.5 Å². The third kappa shape index (κ3) is 2.49. The molecule has 0 aliphatic carbocycles. The standard InChI is InChI=1S/C15H14N4O2S/c20-15-11-8-19(7-10-6-16-9-21-10)4-3-12(11)17-14(18-15)13-2-1-5-22-13/h1-2,5-6,9H,3-4,7-8H2,(H,17,18,20). The van der Waals surface area contributed by atoms with Gasteiger partial charge in [0, 0.05) is 19.5 Å². The molecule has 1 N–H and O–H groups in total. The molecule has 4 rings (SSSR count). The summed E-state index contributed by atoms with van der Waals surface area (Å²) in [7, 11) is 0. The number of oxazole rings is 1. The molecule has 112 valence electrons. The van der Waals surface area contributed by atoms with Crippen molar-refractivity contribution in [2.45, 2.75) is 19.5 Å². The summed E-state index contributed by atoms with van der Waals surface area (Å²) in [6, 6.07) is 3.92. The number of nitrogens with one attached hydrogen (secondary N) is 1. The average Bonchev–Trinajstić information content (AvgIpc) is 3.20. The van der Waals surface area contributed by atoms with E-state index in [1.54, 1.807) is 17.5 Å². The van der Waals surface area contributed by atoms with Crippen LogP contribution in [0.3, 0.4) is 0 Å². The molecular formula is C15H14N4O2S. The molecule has 0 saturated heterocycles. The summed E-state index contributed by atoms with van der Waals surface area (Å²) in [5, 5.41) is 1.98. The third-order valence-electron chi connectivity index (χ3n) is 3.77. The lowest BCUT2D eigenvalue weighted by atomic mass is 10.1. The van der Waals surface area contributed by atoms with Gasteiger partial charge in [0.1, 0.15) is 5.76 Å². The zero-order valence-electron chi connectivity index (χ0n) is 11.8. The summed E-state index contributed by atoms with van der Waals surface area (Å²) < 4.78 is 5.27. The van der Waals surface area contributed by atoms with Gasteiger partial charge in [-0.05, 0) is 11.4 Å². The van der Waals surface area contributed by atoms with E-state index in [1.165, 1.54) is 6.39 Å². The van der Waals surface area contributed by atoms with Crippen LogP contribution < -0.4 is 5.56 Å². The van der Waals surface area contributed by atoms with E-state index in [1.807, 2.05) is 17.5 Å². The minimum atomic E-state index is -0.0457. The molecule has 7 heteroatoms. The molecule has 4 heterocycles. The summed E-state index contributed by atoms with van der Waals surface area (Å²) in [6.45, 7) is 2.10. The van der Waals surface area contributed by atoms with Crippen LogP contribution in [0, 0.1) is 0 Å². The minimum absolute atomic E-state index is 0.0457. The second-order valence-electron chi connectivity index (χ2n) is 5.25. The van der Waals surface area contributed by atoms with E-state index < -0.39 is 0 Å². The Hall–Kier alpha value is -2.25. The number of rotatable bonds is 3. The molecule has 0 amide bonds. The van der Waals surface area contributed by atoms with Crippen molar-refractivity contribution in [3.63, 3.8) is 0 Å². The fraction of sp³-hybridized carbons (Fsp3) is 0.267. The van der Waals surface area contributed by atoms with Crippen molar-refractivity contribution in [1.82, 2.24) is 19.9 Å². The van der Waals surface area contributed by atoms with Crippen molar-refractivity contribution in [2.75, 3.05) is 6.54 Å². The molecule has 22 heavy (non-hydrogen) atoms. The smallest absolute Gasteiger partial charge is 0.255 e. The van der Waals surface area contributed by atoms with Gasteiger partial charge in [0.05, 0.1) is 28.9 Å². The summed E-state index contributed by atoms with van der Waals surface area (Å²) in [4.78, 5) is 27.0. The number of hydrogen-bond donors (Lipinski definition) is 1.